The third-order valence-corrected chi connectivity index (χ3v) is 5.45. The molecule has 9 nitrogen and oxygen atoms in total. The van der Waals surface area contributed by atoms with Crippen molar-refractivity contribution in [1.29, 1.82) is 0 Å². The highest BCUT2D eigenvalue weighted by atomic mass is 32.2. The number of benzene rings is 1. The van der Waals surface area contributed by atoms with E-state index in [9.17, 15) is 4.79 Å². The van der Waals surface area contributed by atoms with Gasteiger partial charge >= 0.3 is 0 Å². The monoisotopic (exact) mass is 458 g/mol. The fourth-order valence-corrected chi connectivity index (χ4v) is 3.77. The van der Waals surface area contributed by atoms with Gasteiger partial charge in [-0.3, -0.25) is 4.79 Å². The van der Waals surface area contributed by atoms with Gasteiger partial charge in [-0.25, -0.2) is 14.6 Å². The van der Waals surface area contributed by atoms with Crippen LogP contribution in [0.3, 0.4) is 0 Å². The third-order valence-electron chi connectivity index (χ3n) is 4.58. The largest absolute Gasteiger partial charge is 0.497 e. The summed E-state index contributed by atoms with van der Waals surface area (Å²) >= 11 is 1.60. The van der Waals surface area contributed by atoms with E-state index in [1.807, 2.05) is 24.3 Å². The number of rotatable bonds is 12. The molecule has 0 aliphatic heterocycles. The van der Waals surface area contributed by atoms with E-state index >= 15 is 0 Å². The summed E-state index contributed by atoms with van der Waals surface area (Å²) < 4.78 is 12.1. The van der Waals surface area contributed by atoms with E-state index in [4.69, 9.17) is 14.5 Å². The molecule has 0 aliphatic rings. The highest BCUT2D eigenvalue weighted by molar-refractivity contribution is 7.99. The highest BCUT2D eigenvalue weighted by Crippen LogP contribution is 2.26. The average molecular weight is 459 g/mol. The topological polar surface area (TPSA) is 103 Å². The Bertz CT molecular complexity index is 1020. The van der Waals surface area contributed by atoms with Crippen molar-refractivity contribution in [1.82, 2.24) is 25.1 Å². The maximum atomic E-state index is 12.3. The lowest BCUT2D eigenvalue weighted by atomic mass is 10.1. The molecule has 0 bridgehead atoms. The third kappa shape index (κ3) is 6.57. The Morgan fingerprint density at radius 1 is 1.16 bits per heavy atom. The maximum absolute atomic E-state index is 12.3. The van der Waals surface area contributed by atoms with Gasteiger partial charge in [-0.15, -0.1) is 0 Å². The molecule has 2 heterocycles. The Morgan fingerprint density at radius 3 is 2.62 bits per heavy atom. The minimum atomic E-state index is -0.0424. The van der Waals surface area contributed by atoms with Crippen LogP contribution < -0.4 is 15.4 Å². The van der Waals surface area contributed by atoms with Crippen molar-refractivity contribution in [2.75, 3.05) is 39.2 Å². The zero-order chi connectivity index (χ0) is 22.9. The lowest BCUT2D eigenvalue weighted by molar-refractivity contribution is -0.120. The number of hydrogen-bond acceptors (Lipinski definition) is 8. The molecule has 2 aromatic heterocycles. The van der Waals surface area contributed by atoms with Crippen LogP contribution in [0.1, 0.15) is 19.4 Å². The summed E-state index contributed by atoms with van der Waals surface area (Å²) in [5.41, 5.74) is 1.68. The van der Waals surface area contributed by atoms with Crippen molar-refractivity contribution < 1.29 is 14.3 Å². The van der Waals surface area contributed by atoms with Gasteiger partial charge in [0, 0.05) is 25.4 Å². The van der Waals surface area contributed by atoms with Crippen LogP contribution in [0.25, 0.3) is 11.0 Å². The second kappa shape index (κ2) is 11.7. The summed E-state index contributed by atoms with van der Waals surface area (Å²) in [5.74, 6) is 1.47. The minimum absolute atomic E-state index is 0.0424. The van der Waals surface area contributed by atoms with E-state index in [2.05, 4.69) is 34.6 Å². The van der Waals surface area contributed by atoms with Crippen LogP contribution in [0, 0.1) is 0 Å². The molecule has 0 aliphatic carbocycles. The molecule has 1 amide bonds. The van der Waals surface area contributed by atoms with Gasteiger partial charge < -0.3 is 20.1 Å². The number of carbonyl (C=O) groups is 1. The predicted molar refractivity (Wildman–Crippen MR) is 126 cm³/mol. The number of amides is 1. The molecule has 2 N–H and O–H groups in total. The van der Waals surface area contributed by atoms with Gasteiger partial charge in [0.05, 0.1) is 38.3 Å². The molecule has 3 rings (SSSR count). The Morgan fingerprint density at radius 2 is 1.94 bits per heavy atom. The van der Waals surface area contributed by atoms with E-state index in [-0.39, 0.29) is 5.91 Å². The molecule has 3 aromatic rings. The molecule has 0 spiro atoms. The van der Waals surface area contributed by atoms with Gasteiger partial charge in [0.1, 0.15) is 11.6 Å². The standard InChI is InChI=1S/C22H30N6O3S/c1-15(2)32-22-26-20(24-10-12-30-3)18-14-25-28(21(18)27-22)11-9-23-19(29)13-16-5-7-17(31-4)8-6-16/h5-8,14-15H,9-13H2,1-4H3,(H,23,29)(H,24,26,27). The number of ether oxygens (including phenoxy) is 2. The molecule has 0 unspecified atom stereocenters. The summed E-state index contributed by atoms with van der Waals surface area (Å²) in [6.45, 7) is 6.39. The lowest BCUT2D eigenvalue weighted by Gasteiger charge is -2.11. The molecule has 10 heteroatoms. The predicted octanol–water partition coefficient (Wildman–Crippen LogP) is 2.75. The molecular weight excluding hydrogens is 428 g/mol. The number of carbonyl (C=O) groups excluding carboxylic acids is 1. The molecular formula is C22H30N6O3S. The smallest absolute Gasteiger partial charge is 0.224 e. The maximum Gasteiger partial charge on any atom is 0.224 e. The molecule has 0 atom stereocenters. The first kappa shape index (κ1) is 23.8. The van der Waals surface area contributed by atoms with Gasteiger partial charge in [0.2, 0.25) is 5.91 Å². The summed E-state index contributed by atoms with van der Waals surface area (Å²) in [6.07, 6.45) is 2.07. The van der Waals surface area contributed by atoms with Gasteiger partial charge in [-0.2, -0.15) is 5.10 Å². The first-order valence-corrected chi connectivity index (χ1v) is 11.4. The number of anilines is 1. The normalized spacial score (nSPS) is 11.2. The number of nitrogens with one attached hydrogen (secondary N) is 2. The van der Waals surface area contributed by atoms with Gasteiger partial charge in [-0.1, -0.05) is 37.7 Å². The summed E-state index contributed by atoms with van der Waals surface area (Å²) in [4.78, 5) is 21.7. The van der Waals surface area contributed by atoms with Crippen LogP contribution in [0.5, 0.6) is 5.75 Å². The second-order valence-corrected chi connectivity index (χ2v) is 8.96. The zero-order valence-corrected chi connectivity index (χ0v) is 19.7. The first-order chi connectivity index (χ1) is 15.5. The van der Waals surface area contributed by atoms with Crippen LogP contribution >= 0.6 is 11.8 Å². The molecule has 1 aromatic carbocycles. The minimum Gasteiger partial charge on any atom is -0.497 e. The molecule has 32 heavy (non-hydrogen) atoms. The van der Waals surface area contributed by atoms with Crippen LogP contribution in [-0.2, 0) is 22.5 Å². The van der Waals surface area contributed by atoms with E-state index in [1.165, 1.54) is 0 Å². The fourth-order valence-electron chi connectivity index (χ4n) is 3.06. The number of aromatic nitrogens is 4. The van der Waals surface area contributed by atoms with Crippen LogP contribution in [0.4, 0.5) is 5.82 Å². The summed E-state index contributed by atoms with van der Waals surface area (Å²) in [5, 5.41) is 12.6. The van der Waals surface area contributed by atoms with E-state index in [0.29, 0.717) is 43.1 Å². The molecule has 0 saturated carbocycles. The molecule has 0 radical (unpaired) electrons. The number of nitrogens with zero attached hydrogens (tertiary/aromatic N) is 4. The van der Waals surface area contributed by atoms with Crippen LogP contribution in [0.15, 0.2) is 35.6 Å². The molecule has 0 saturated heterocycles. The SMILES string of the molecule is COCCNc1nc(SC(C)C)nc2c1cnn2CCNC(=O)Cc1ccc(OC)cc1. The number of fused-ring (bicyclic) bond motifs is 1. The number of methoxy groups -OCH3 is 2. The fraction of sp³-hybridized carbons (Fsp3) is 0.455. The Kier molecular flexibility index (Phi) is 8.69. The van der Waals surface area contributed by atoms with Crippen LogP contribution in [-0.4, -0.2) is 64.8 Å². The highest BCUT2D eigenvalue weighted by Gasteiger charge is 2.14. The van der Waals surface area contributed by atoms with Crippen molar-refractivity contribution in [2.45, 2.75) is 37.2 Å². The molecule has 172 valence electrons. The first-order valence-electron chi connectivity index (χ1n) is 10.5. The summed E-state index contributed by atoms with van der Waals surface area (Å²) in [6, 6.07) is 7.48. The van der Waals surface area contributed by atoms with Gasteiger partial charge in [-0.05, 0) is 17.7 Å². The zero-order valence-electron chi connectivity index (χ0n) is 18.9. The van der Waals surface area contributed by atoms with Crippen molar-refractivity contribution in [2.24, 2.45) is 0 Å². The van der Waals surface area contributed by atoms with Crippen molar-refractivity contribution in [3.8, 4) is 5.75 Å². The van der Waals surface area contributed by atoms with E-state index < -0.39 is 0 Å². The van der Waals surface area contributed by atoms with Crippen LogP contribution in [0.2, 0.25) is 0 Å². The Labute approximate surface area is 192 Å². The number of thioether (sulfide) groups is 1. The molecule has 0 fully saturated rings. The lowest BCUT2D eigenvalue weighted by Crippen LogP contribution is -2.28. The Balaban J connectivity index is 1.65. The summed E-state index contributed by atoms with van der Waals surface area (Å²) in [7, 11) is 3.28. The van der Waals surface area contributed by atoms with E-state index in [0.717, 1.165) is 28.2 Å². The average Bonchev–Trinajstić information content (AvgIpc) is 3.17. The Hall–Kier alpha value is -2.85. The number of hydrogen-bond donors (Lipinski definition) is 2. The van der Waals surface area contributed by atoms with E-state index in [1.54, 1.807) is 36.9 Å². The quantitative estimate of drug-likeness (QED) is 0.243. The second-order valence-electron chi connectivity index (χ2n) is 7.42. The van der Waals surface area contributed by atoms with Crippen molar-refractivity contribution in [3.05, 3.63) is 36.0 Å². The van der Waals surface area contributed by atoms with Gasteiger partial charge in [0.25, 0.3) is 0 Å². The van der Waals surface area contributed by atoms with Crippen molar-refractivity contribution in [3.63, 3.8) is 0 Å². The van der Waals surface area contributed by atoms with Gasteiger partial charge in [0.15, 0.2) is 10.8 Å². The van der Waals surface area contributed by atoms with Crippen molar-refractivity contribution >= 4 is 34.5 Å².